The Morgan fingerprint density at radius 2 is 2.07 bits per heavy atom. The van der Waals surface area contributed by atoms with Crippen LogP contribution in [0.25, 0.3) is 0 Å². The molecule has 3 nitrogen and oxygen atoms in total. The van der Waals surface area contributed by atoms with Crippen LogP contribution in [0.15, 0.2) is 4.79 Å². The quantitative estimate of drug-likeness (QED) is 0.784. The minimum Gasteiger partial charge on any atom is -0.300 e. The molecule has 80 valence electrons. The fourth-order valence-electron chi connectivity index (χ4n) is 1.73. The van der Waals surface area contributed by atoms with Crippen LogP contribution in [0.3, 0.4) is 0 Å². The zero-order valence-electron chi connectivity index (χ0n) is 9.55. The average Bonchev–Trinajstić information content (AvgIpc) is 2.33. The fourth-order valence-corrected chi connectivity index (χ4v) is 1.73. The van der Waals surface area contributed by atoms with Crippen LogP contribution in [-0.4, -0.2) is 9.78 Å². The molecular weight excluding hydrogens is 176 g/mol. The first-order valence-electron chi connectivity index (χ1n) is 5.33. The molecule has 0 atom stereocenters. The van der Waals surface area contributed by atoms with Crippen LogP contribution in [0.1, 0.15) is 38.4 Å². The van der Waals surface area contributed by atoms with Crippen molar-refractivity contribution in [3.63, 3.8) is 0 Å². The van der Waals surface area contributed by atoms with Crippen molar-refractivity contribution >= 4 is 0 Å². The Bertz CT molecular complexity index is 347. The van der Waals surface area contributed by atoms with Gasteiger partial charge in [0.05, 0.1) is 0 Å². The van der Waals surface area contributed by atoms with E-state index in [4.69, 9.17) is 0 Å². The molecule has 0 saturated heterocycles. The van der Waals surface area contributed by atoms with Gasteiger partial charge in [-0.3, -0.25) is 14.6 Å². The number of nitrogens with zero attached hydrogens (tertiary/aromatic N) is 1. The zero-order chi connectivity index (χ0) is 10.7. The lowest BCUT2D eigenvalue weighted by Crippen LogP contribution is -2.16. The molecule has 0 saturated carbocycles. The standard InChI is InChI=1S/C11H20N2O/c1-5-6-10-9(7-8(2)3)11(14)13(4)12-10/h8,12H,5-7H2,1-4H3. The molecule has 1 rings (SSSR count). The number of aromatic nitrogens is 2. The number of rotatable bonds is 4. The van der Waals surface area contributed by atoms with E-state index in [9.17, 15) is 4.79 Å². The predicted molar refractivity (Wildman–Crippen MR) is 58.6 cm³/mol. The van der Waals surface area contributed by atoms with Gasteiger partial charge < -0.3 is 0 Å². The van der Waals surface area contributed by atoms with Crippen LogP contribution >= 0.6 is 0 Å². The van der Waals surface area contributed by atoms with Gasteiger partial charge in [-0.15, -0.1) is 0 Å². The van der Waals surface area contributed by atoms with Crippen LogP contribution < -0.4 is 5.56 Å². The minimum absolute atomic E-state index is 0.141. The van der Waals surface area contributed by atoms with Crippen molar-refractivity contribution in [1.82, 2.24) is 9.78 Å². The summed E-state index contributed by atoms with van der Waals surface area (Å²) in [5.41, 5.74) is 2.24. The van der Waals surface area contributed by atoms with Gasteiger partial charge in [0.2, 0.25) is 0 Å². The van der Waals surface area contributed by atoms with Crippen LogP contribution in [0.4, 0.5) is 0 Å². The third-order valence-electron chi connectivity index (χ3n) is 2.34. The Kier molecular flexibility index (Phi) is 3.55. The predicted octanol–water partition coefficient (Wildman–Crippen LogP) is 1.86. The molecule has 1 aromatic heterocycles. The molecule has 1 N–H and O–H groups in total. The maximum atomic E-state index is 11.7. The molecule has 0 aliphatic heterocycles. The molecule has 14 heavy (non-hydrogen) atoms. The molecule has 0 radical (unpaired) electrons. The van der Waals surface area contributed by atoms with Crippen molar-refractivity contribution < 1.29 is 0 Å². The molecule has 1 aromatic rings. The summed E-state index contributed by atoms with van der Waals surface area (Å²) >= 11 is 0. The topological polar surface area (TPSA) is 37.8 Å². The zero-order valence-corrected chi connectivity index (χ0v) is 9.55. The molecule has 0 aliphatic rings. The molecule has 0 spiro atoms. The summed E-state index contributed by atoms with van der Waals surface area (Å²) in [4.78, 5) is 11.7. The normalized spacial score (nSPS) is 11.2. The lowest BCUT2D eigenvalue weighted by atomic mass is 10.0. The number of hydrogen-bond donors (Lipinski definition) is 1. The highest BCUT2D eigenvalue weighted by Crippen LogP contribution is 2.09. The van der Waals surface area contributed by atoms with Gasteiger partial charge in [-0.05, 0) is 18.8 Å². The molecule has 0 fully saturated rings. The largest absolute Gasteiger partial charge is 0.300 e. The summed E-state index contributed by atoms with van der Waals surface area (Å²) in [7, 11) is 1.78. The number of H-pyrrole nitrogens is 1. The van der Waals surface area contributed by atoms with Crippen molar-refractivity contribution in [3.8, 4) is 0 Å². The van der Waals surface area contributed by atoms with E-state index in [2.05, 4.69) is 25.9 Å². The first-order valence-corrected chi connectivity index (χ1v) is 5.33. The molecule has 1 heterocycles. The molecule has 3 heteroatoms. The second-order valence-corrected chi connectivity index (χ2v) is 4.28. The molecule has 0 amide bonds. The number of aryl methyl sites for hydroxylation is 2. The minimum atomic E-state index is 0.141. The summed E-state index contributed by atoms with van der Waals surface area (Å²) in [5, 5.41) is 3.12. The average molecular weight is 196 g/mol. The van der Waals surface area contributed by atoms with Crippen molar-refractivity contribution in [2.75, 3.05) is 0 Å². The highest BCUT2D eigenvalue weighted by molar-refractivity contribution is 5.18. The van der Waals surface area contributed by atoms with Gasteiger partial charge in [-0.1, -0.05) is 27.2 Å². The first-order chi connectivity index (χ1) is 6.56. The fraction of sp³-hybridized carbons (Fsp3) is 0.727. The first kappa shape index (κ1) is 11.1. The molecule has 0 bridgehead atoms. The highest BCUT2D eigenvalue weighted by atomic mass is 16.1. The summed E-state index contributed by atoms with van der Waals surface area (Å²) < 4.78 is 1.59. The Morgan fingerprint density at radius 1 is 1.43 bits per heavy atom. The van der Waals surface area contributed by atoms with E-state index < -0.39 is 0 Å². The third kappa shape index (κ3) is 2.28. The third-order valence-corrected chi connectivity index (χ3v) is 2.34. The van der Waals surface area contributed by atoms with E-state index in [-0.39, 0.29) is 5.56 Å². The lowest BCUT2D eigenvalue weighted by molar-refractivity contribution is 0.638. The van der Waals surface area contributed by atoms with Gasteiger partial charge in [0, 0.05) is 18.3 Å². The van der Waals surface area contributed by atoms with E-state index in [1.54, 1.807) is 11.7 Å². The van der Waals surface area contributed by atoms with Crippen molar-refractivity contribution in [2.45, 2.75) is 40.0 Å². The molecule has 0 unspecified atom stereocenters. The molecule has 0 aromatic carbocycles. The monoisotopic (exact) mass is 196 g/mol. The van der Waals surface area contributed by atoms with Gasteiger partial charge in [0.1, 0.15) is 0 Å². The second-order valence-electron chi connectivity index (χ2n) is 4.28. The summed E-state index contributed by atoms with van der Waals surface area (Å²) in [5.74, 6) is 0.536. The van der Waals surface area contributed by atoms with Gasteiger partial charge in [-0.2, -0.15) is 0 Å². The SMILES string of the molecule is CCCc1[nH]n(C)c(=O)c1CC(C)C. The van der Waals surface area contributed by atoms with Crippen LogP contribution in [-0.2, 0) is 19.9 Å². The summed E-state index contributed by atoms with van der Waals surface area (Å²) in [6.45, 7) is 6.41. The highest BCUT2D eigenvalue weighted by Gasteiger charge is 2.12. The van der Waals surface area contributed by atoms with E-state index >= 15 is 0 Å². The Hall–Kier alpha value is -0.990. The van der Waals surface area contributed by atoms with Crippen molar-refractivity contribution in [3.05, 3.63) is 21.6 Å². The molecule has 0 aliphatic carbocycles. The number of nitrogens with one attached hydrogen (secondary N) is 1. The van der Waals surface area contributed by atoms with Gasteiger partial charge in [0.25, 0.3) is 5.56 Å². The van der Waals surface area contributed by atoms with E-state index in [0.717, 1.165) is 30.5 Å². The lowest BCUT2D eigenvalue weighted by Gasteiger charge is -2.03. The molecular formula is C11H20N2O. The van der Waals surface area contributed by atoms with Crippen molar-refractivity contribution in [2.24, 2.45) is 13.0 Å². The number of aromatic amines is 1. The van der Waals surface area contributed by atoms with Gasteiger partial charge in [0.15, 0.2) is 0 Å². The van der Waals surface area contributed by atoms with Crippen molar-refractivity contribution in [1.29, 1.82) is 0 Å². The van der Waals surface area contributed by atoms with Crippen LogP contribution in [0, 0.1) is 5.92 Å². The summed E-state index contributed by atoms with van der Waals surface area (Å²) in [6, 6.07) is 0. The Morgan fingerprint density at radius 3 is 2.57 bits per heavy atom. The van der Waals surface area contributed by atoms with E-state index in [1.165, 1.54) is 0 Å². The van der Waals surface area contributed by atoms with E-state index in [1.807, 2.05) is 0 Å². The van der Waals surface area contributed by atoms with Crippen LogP contribution in [0.2, 0.25) is 0 Å². The van der Waals surface area contributed by atoms with Gasteiger partial charge in [-0.25, -0.2) is 0 Å². The number of hydrogen-bond acceptors (Lipinski definition) is 1. The maximum Gasteiger partial charge on any atom is 0.269 e. The van der Waals surface area contributed by atoms with Gasteiger partial charge >= 0.3 is 0 Å². The maximum absolute atomic E-state index is 11.7. The second kappa shape index (κ2) is 4.49. The van der Waals surface area contributed by atoms with Crippen LogP contribution in [0.5, 0.6) is 0 Å². The summed E-state index contributed by atoms with van der Waals surface area (Å²) in [6.07, 6.45) is 2.93. The smallest absolute Gasteiger partial charge is 0.269 e. The van der Waals surface area contributed by atoms with E-state index in [0.29, 0.717) is 5.92 Å². The Balaban J connectivity index is 3.03. The Labute approximate surface area is 85.1 Å².